The highest BCUT2D eigenvalue weighted by Gasteiger charge is 2.14. The van der Waals surface area contributed by atoms with Crippen LogP contribution in [0.3, 0.4) is 0 Å². The van der Waals surface area contributed by atoms with E-state index in [0.29, 0.717) is 12.5 Å². The molecule has 7 heteroatoms. The molecule has 2 rings (SSSR count). The molecule has 0 unspecified atom stereocenters. The lowest BCUT2D eigenvalue weighted by Crippen LogP contribution is -2.39. The van der Waals surface area contributed by atoms with Gasteiger partial charge >= 0.3 is 0 Å². The lowest BCUT2D eigenvalue weighted by molar-refractivity contribution is 0.481. The van der Waals surface area contributed by atoms with Crippen molar-refractivity contribution in [3.8, 4) is 0 Å². The number of nitrogens with zero attached hydrogens (tertiary/aromatic N) is 4. The van der Waals surface area contributed by atoms with Crippen molar-refractivity contribution in [3.63, 3.8) is 0 Å². The van der Waals surface area contributed by atoms with E-state index in [1.165, 1.54) is 32.1 Å². The Morgan fingerprint density at radius 2 is 1.92 bits per heavy atom. The van der Waals surface area contributed by atoms with Crippen LogP contribution < -0.4 is 10.6 Å². The predicted molar refractivity (Wildman–Crippen MR) is 110 cm³/mol. The molecule has 0 fully saturated rings. The molecule has 6 nitrogen and oxygen atoms in total. The summed E-state index contributed by atoms with van der Waals surface area (Å²) in [5, 5.41) is 15.5. The first-order valence-corrected chi connectivity index (χ1v) is 9.21. The number of hydrogen-bond donors (Lipinski definition) is 2. The average molecular weight is 448 g/mol. The molecule has 1 aliphatic rings. The second-order valence-electron chi connectivity index (χ2n) is 6.25. The van der Waals surface area contributed by atoms with Gasteiger partial charge in [-0.2, -0.15) is 0 Å². The molecule has 0 aromatic carbocycles. The molecule has 1 aliphatic heterocycles. The van der Waals surface area contributed by atoms with Gasteiger partial charge in [-0.15, -0.1) is 34.2 Å². The minimum Gasteiger partial charge on any atom is -0.357 e. The summed E-state index contributed by atoms with van der Waals surface area (Å²) in [6, 6.07) is 0. The molecule has 0 spiro atoms. The van der Waals surface area contributed by atoms with E-state index in [2.05, 4.69) is 46.2 Å². The molecule has 0 saturated carbocycles. The van der Waals surface area contributed by atoms with Crippen LogP contribution in [0.25, 0.3) is 0 Å². The highest BCUT2D eigenvalue weighted by Crippen LogP contribution is 2.14. The quantitative estimate of drug-likeness (QED) is 0.382. The molecular weight excluding hydrogens is 415 g/mol. The highest BCUT2D eigenvalue weighted by molar-refractivity contribution is 14.0. The second-order valence-corrected chi connectivity index (χ2v) is 6.25. The summed E-state index contributed by atoms with van der Waals surface area (Å²) in [7, 11) is 0. The summed E-state index contributed by atoms with van der Waals surface area (Å²) in [5.74, 6) is 3.69. The molecule has 0 aliphatic carbocycles. The Hall–Kier alpha value is -0.860. The molecule has 0 bridgehead atoms. The van der Waals surface area contributed by atoms with Gasteiger partial charge in [0.25, 0.3) is 0 Å². The minimum absolute atomic E-state index is 0. The van der Waals surface area contributed by atoms with Gasteiger partial charge in [0, 0.05) is 26.1 Å². The average Bonchev–Trinajstić information content (AvgIpc) is 2.80. The molecule has 0 radical (unpaired) electrons. The van der Waals surface area contributed by atoms with Crippen LogP contribution >= 0.6 is 24.0 Å². The summed E-state index contributed by atoms with van der Waals surface area (Å²) >= 11 is 0. The van der Waals surface area contributed by atoms with Crippen molar-refractivity contribution in [2.75, 3.05) is 13.1 Å². The largest absolute Gasteiger partial charge is 0.357 e. The second kappa shape index (κ2) is 11.7. The summed E-state index contributed by atoms with van der Waals surface area (Å²) in [4.78, 5) is 4.71. The van der Waals surface area contributed by atoms with Crippen molar-refractivity contribution in [1.29, 1.82) is 0 Å². The molecule has 0 atom stereocenters. The maximum absolute atomic E-state index is 4.71. The summed E-state index contributed by atoms with van der Waals surface area (Å²) in [5.41, 5.74) is 0. The zero-order chi connectivity index (χ0) is 16.5. The fraction of sp³-hybridized carbons (Fsp3) is 0.824. The number of guanidine groups is 1. The van der Waals surface area contributed by atoms with E-state index in [0.717, 1.165) is 43.7 Å². The monoisotopic (exact) mass is 448 g/mol. The number of rotatable bonds is 7. The molecule has 2 heterocycles. The van der Waals surface area contributed by atoms with E-state index in [1.54, 1.807) is 0 Å². The van der Waals surface area contributed by atoms with Crippen LogP contribution in [-0.4, -0.2) is 33.8 Å². The van der Waals surface area contributed by atoms with Crippen molar-refractivity contribution in [3.05, 3.63) is 11.6 Å². The lowest BCUT2D eigenvalue weighted by atomic mass is 10.0. The first kappa shape index (κ1) is 21.2. The number of aliphatic imine (C=N–C) groups is 1. The first-order chi connectivity index (χ1) is 11.3. The van der Waals surface area contributed by atoms with Gasteiger partial charge in [-0.05, 0) is 25.7 Å². The first-order valence-electron chi connectivity index (χ1n) is 9.21. The molecule has 2 N–H and O–H groups in total. The zero-order valence-corrected chi connectivity index (χ0v) is 17.7. The third kappa shape index (κ3) is 6.22. The van der Waals surface area contributed by atoms with Crippen LogP contribution in [-0.2, 0) is 19.5 Å². The summed E-state index contributed by atoms with van der Waals surface area (Å²) in [6.45, 7) is 10.0. The number of hydrogen-bond acceptors (Lipinski definition) is 3. The minimum atomic E-state index is 0. The van der Waals surface area contributed by atoms with Gasteiger partial charge in [0.05, 0.1) is 0 Å². The van der Waals surface area contributed by atoms with Crippen LogP contribution in [0, 0.1) is 5.92 Å². The Kier molecular flexibility index (Phi) is 10.3. The summed E-state index contributed by atoms with van der Waals surface area (Å²) in [6.07, 6.45) is 7.16. The van der Waals surface area contributed by atoms with Gasteiger partial charge in [-0.1, -0.05) is 33.1 Å². The molecule has 0 amide bonds. The Morgan fingerprint density at radius 3 is 2.62 bits per heavy atom. The van der Waals surface area contributed by atoms with Gasteiger partial charge in [-0.25, -0.2) is 4.99 Å². The van der Waals surface area contributed by atoms with Crippen molar-refractivity contribution in [2.45, 2.75) is 72.4 Å². The highest BCUT2D eigenvalue weighted by atomic mass is 127. The van der Waals surface area contributed by atoms with E-state index in [1.807, 2.05) is 0 Å². The molecule has 0 saturated heterocycles. The third-order valence-corrected chi connectivity index (χ3v) is 4.62. The third-order valence-electron chi connectivity index (χ3n) is 4.62. The smallest absolute Gasteiger partial charge is 0.191 e. The summed E-state index contributed by atoms with van der Waals surface area (Å²) < 4.78 is 2.26. The van der Waals surface area contributed by atoms with E-state index >= 15 is 0 Å². The van der Waals surface area contributed by atoms with Crippen LogP contribution in [0.1, 0.15) is 64.5 Å². The van der Waals surface area contributed by atoms with Crippen LogP contribution in [0.2, 0.25) is 0 Å². The number of aryl methyl sites for hydroxylation is 1. The zero-order valence-electron chi connectivity index (χ0n) is 15.3. The fourth-order valence-electron chi connectivity index (χ4n) is 2.97. The van der Waals surface area contributed by atoms with Gasteiger partial charge in [0.1, 0.15) is 12.4 Å². The van der Waals surface area contributed by atoms with Gasteiger partial charge in [0.2, 0.25) is 0 Å². The molecule has 138 valence electrons. The SMILES string of the molecule is CCNC(=NCc1nnc2n1CCCCC2)NCC(CC)CC.I. The van der Waals surface area contributed by atoms with Gasteiger partial charge in [-0.3, -0.25) is 0 Å². The Balaban J connectivity index is 0.00000288. The van der Waals surface area contributed by atoms with E-state index < -0.39 is 0 Å². The molecule has 1 aromatic rings. The van der Waals surface area contributed by atoms with Gasteiger partial charge in [0.15, 0.2) is 11.8 Å². The number of fused-ring (bicyclic) bond motifs is 1. The maximum atomic E-state index is 4.71. The van der Waals surface area contributed by atoms with E-state index in [-0.39, 0.29) is 24.0 Å². The Labute approximate surface area is 163 Å². The van der Waals surface area contributed by atoms with Crippen LogP contribution in [0.15, 0.2) is 4.99 Å². The molecular formula is C17H33IN6. The van der Waals surface area contributed by atoms with E-state index in [4.69, 9.17) is 4.99 Å². The number of aromatic nitrogens is 3. The Bertz CT molecular complexity index is 495. The predicted octanol–water partition coefficient (Wildman–Crippen LogP) is 3.11. The number of nitrogens with one attached hydrogen (secondary N) is 2. The van der Waals surface area contributed by atoms with Crippen molar-refractivity contribution in [2.24, 2.45) is 10.9 Å². The normalized spacial score (nSPS) is 14.8. The maximum Gasteiger partial charge on any atom is 0.191 e. The van der Waals surface area contributed by atoms with Crippen molar-refractivity contribution in [1.82, 2.24) is 25.4 Å². The standard InChI is InChI=1S/C17H32N6.HI/c1-4-14(5-2)12-19-17(18-6-3)20-13-16-22-21-15-10-8-7-9-11-23(15)16;/h14H,4-13H2,1-3H3,(H2,18,19,20);1H. The van der Waals surface area contributed by atoms with Crippen molar-refractivity contribution < 1.29 is 0 Å². The molecule has 24 heavy (non-hydrogen) atoms. The number of halogens is 1. The van der Waals surface area contributed by atoms with Gasteiger partial charge < -0.3 is 15.2 Å². The Morgan fingerprint density at radius 1 is 1.12 bits per heavy atom. The molecule has 1 aromatic heterocycles. The van der Waals surface area contributed by atoms with Crippen LogP contribution in [0.4, 0.5) is 0 Å². The van der Waals surface area contributed by atoms with Crippen LogP contribution in [0.5, 0.6) is 0 Å². The van der Waals surface area contributed by atoms with Crippen molar-refractivity contribution >= 4 is 29.9 Å². The van der Waals surface area contributed by atoms with E-state index in [9.17, 15) is 0 Å². The fourth-order valence-corrected chi connectivity index (χ4v) is 2.97. The topological polar surface area (TPSA) is 67.1 Å². The lowest BCUT2D eigenvalue weighted by Gasteiger charge is -2.16.